The monoisotopic (exact) mass is 252 g/mol. The van der Waals surface area contributed by atoms with Gasteiger partial charge in [0.2, 0.25) is 5.72 Å². The van der Waals surface area contributed by atoms with Gasteiger partial charge in [-0.05, 0) is 19.2 Å². The molecule has 18 heavy (non-hydrogen) atoms. The van der Waals surface area contributed by atoms with E-state index in [-0.39, 0.29) is 0 Å². The maximum absolute atomic E-state index is 12.0. The summed E-state index contributed by atoms with van der Waals surface area (Å²) in [7, 11) is 1.25. The summed E-state index contributed by atoms with van der Waals surface area (Å²) in [4.78, 5) is 13.6. The molecule has 0 spiro atoms. The molecule has 0 saturated carbocycles. The van der Waals surface area contributed by atoms with Crippen LogP contribution in [0.15, 0.2) is 24.3 Å². The second kappa shape index (κ2) is 5.84. The number of esters is 1. The fourth-order valence-corrected chi connectivity index (χ4v) is 2.05. The van der Waals surface area contributed by atoms with Crippen molar-refractivity contribution in [1.82, 2.24) is 4.90 Å². The van der Waals surface area contributed by atoms with Gasteiger partial charge < -0.3 is 15.6 Å². The molecule has 1 unspecified atom stereocenters. The molecule has 0 aliphatic rings. The Bertz CT molecular complexity index is 418. The van der Waals surface area contributed by atoms with Gasteiger partial charge in [-0.15, -0.1) is 0 Å². The van der Waals surface area contributed by atoms with Crippen molar-refractivity contribution in [3.8, 4) is 0 Å². The number of rotatable bonds is 5. The average molecular weight is 252 g/mol. The van der Waals surface area contributed by atoms with Gasteiger partial charge in [0.05, 0.1) is 7.11 Å². The number of para-hydroxylation sites is 1. The van der Waals surface area contributed by atoms with Crippen LogP contribution in [0.1, 0.15) is 19.4 Å². The molecule has 0 saturated heterocycles. The molecule has 0 fully saturated rings. The number of hydrogen-bond acceptors (Lipinski definition) is 5. The average Bonchev–Trinajstić information content (AvgIpc) is 2.39. The van der Waals surface area contributed by atoms with Crippen molar-refractivity contribution in [1.29, 1.82) is 0 Å². The molecule has 100 valence electrons. The molecule has 1 aromatic rings. The number of anilines is 1. The van der Waals surface area contributed by atoms with Crippen LogP contribution in [-0.4, -0.2) is 36.2 Å². The molecule has 1 atom stereocenters. The summed E-state index contributed by atoms with van der Waals surface area (Å²) in [6.07, 6.45) is 0. The molecule has 0 aromatic heterocycles. The van der Waals surface area contributed by atoms with E-state index >= 15 is 0 Å². The van der Waals surface area contributed by atoms with Crippen LogP contribution in [0.3, 0.4) is 0 Å². The van der Waals surface area contributed by atoms with Gasteiger partial charge in [-0.2, -0.15) is 0 Å². The first kappa shape index (κ1) is 14.5. The molecule has 5 heteroatoms. The maximum atomic E-state index is 12.0. The molecule has 0 heterocycles. The van der Waals surface area contributed by atoms with Gasteiger partial charge in [-0.3, -0.25) is 4.90 Å². The Labute approximate surface area is 107 Å². The number of nitrogens with two attached hydrogens (primary N) is 1. The van der Waals surface area contributed by atoms with Crippen LogP contribution in [0.2, 0.25) is 0 Å². The van der Waals surface area contributed by atoms with E-state index in [1.54, 1.807) is 29.2 Å². The molecule has 0 bridgehead atoms. The van der Waals surface area contributed by atoms with Crippen molar-refractivity contribution >= 4 is 11.7 Å². The molecular formula is C13H20N2O3. The number of likely N-dealkylation sites (N-methyl/N-ethyl adjacent to an activating group) is 1. The molecule has 1 aromatic carbocycles. The Hall–Kier alpha value is -1.59. The Morgan fingerprint density at radius 1 is 1.39 bits per heavy atom. The second-order valence-electron chi connectivity index (χ2n) is 3.92. The number of carbonyl (C=O) groups is 1. The van der Waals surface area contributed by atoms with Crippen molar-refractivity contribution < 1.29 is 14.6 Å². The van der Waals surface area contributed by atoms with Gasteiger partial charge >= 0.3 is 5.97 Å². The molecule has 0 amide bonds. The number of carbonyl (C=O) groups excluding carboxylic acids is 1. The van der Waals surface area contributed by atoms with Crippen LogP contribution < -0.4 is 5.73 Å². The first-order chi connectivity index (χ1) is 8.52. The van der Waals surface area contributed by atoms with Gasteiger partial charge in [0.25, 0.3) is 0 Å². The van der Waals surface area contributed by atoms with Crippen LogP contribution in [-0.2, 0) is 15.3 Å². The van der Waals surface area contributed by atoms with Crippen LogP contribution in [0, 0.1) is 0 Å². The van der Waals surface area contributed by atoms with E-state index in [1.807, 2.05) is 13.8 Å². The summed E-state index contributed by atoms with van der Waals surface area (Å²) in [5.41, 5.74) is 4.71. The van der Waals surface area contributed by atoms with Crippen molar-refractivity contribution in [2.75, 3.05) is 25.9 Å². The lowest BCUT2D eigenvalue weighted by Crippen LogP contribution is -2.52. The number of benzene rings is 1. The number of nitrogen functional groups attached to an aromatic ring is 1. The summed E-state index contributed by atoms with van der Waals surface area (Å²) in [6.45, 7) is 4.71. The summed E-state index contributed by atoms with van der Waals surface area (Å²) >= 11 is 0. The maximum Gasteiger partial charge on any atom is 0.358 e. The minimum absolute atomic E-state index is 0.348. The lowest BCUT2D eigenvalue weighted by Gasteiger charge is -2.36. The smallest absolute Gasteiger partial charge is 0.358 e. The van der Waals surface area contributed by atoms with Crippen molar-refractivity contribution in [2.45, 2.75) is 19.6 Å². The summed E-state index contributed by atoms with van der Waals surface area (Å²) in [5.74, 6) is -0.732. The molecule has 0 radical (unpaired) electrons. The van der Waals surface area contributed by atoms with E-state index in [1.165, 1.54) is 7.11 Å². The zero-order valence-electron chi connectivity index (χ0n) is 11.0. The molecule has 5 nitrogen and oxygen atoms in total. The second-order valence-corrected chi connectivity index (χ2v) is 3.92. The standard InChI is InChI=1S/C13H20N2O3/c1-4-15(5-2)13(17,12(16)18-3)10-8-6-7-9-11(10)14/h6-9,17H,4-5,14H2,1-3H3. The van der Waals surface area contributed by atoms with E-state index in [0.29, 0.717) is 24.3 Å². The van der Waals surface area contributed by atoms with E-state index in [4.69, 9.17) is 10.5 Å². The van der Waals surface area contributed by atoms with Crippen molar-refractivity contribution in [3.63, 3.8) is 0 Å². The normalized spacial score (nSPS) is 14.3. The Balaban J connectivity index is 3.37. The van der Waals surface area contributed by atoms with Crippen LogP contribution in [0.4, 0.5) is 5.69 Å². The highest BCUT2D eigenvalue weighted by Gasteiger charge is 2.45. The van der Waals surface area contributed by atoms with Gasteiger partial charge in [-0.1, -0.05) is 32.0 Å². The molecular weight excluding hydrogens is 232 g/mol. The van der Waals surface area contributed by atoms with Gasteiger partial charge in [0.15, 0.2) is 0 Å². The number of hydrogen-bond donors (Lipinski definition) is 2. The Morgan fingerprint density at radius 3 is 2.39 bits per heavy atom. The summed E-state index contributed by atoms with van der Waals surface area (Å²) < 4.78 is 4.72. The van der Waals surface area contributed by atoms with E-state index < -0.39 is 11.7 Å². The topological polar surface area (TPSA) is 75.8 Å². The van der Waals surface area contributed by atoms with Crippen LogP contribution in [0.5, 0.6) is 0 Å². The van der Waals surface area contributed by atoms with Crippen LogP contribution in [0.25, 0.3) is 0 Å². The Morgan fingerprint density at radius 2 is 1.94 bits per heavy atom. The zero-order valence-corrected chi connectivity index (χ0v) is 11.0. The number of nitrogens with zero attached hydrogens (tertiary/aromatic N) is 1. The first-order valence-electron chi connectivity index (χ1n) is 5.93. The van der Waals surface area contributed by atoms with E-state index in [0.717, 1.165) is 0 Å². The lowest BCUT2D eigenvalue weighted by atomic mass is 9.98. The SMILES string of the molecule is CCN(CC)C(O)(C(=O)OC)c1ccccc1N. The first-order valence-corrected chi connectivity index (χ1v) is 5.93. The fourth-order valence-electron chi connectivity index (χ4n) is 2.05. The third kappa shape index (κ3) is 2.32. The number of methoxy groups -OCH3 is 1. The van der Waals surface area contributed by atoms with E-state index in [2.05, 4.69) is 0 Å². The highest BCUT2D eigenvalue weighted by molar-refractivity contribution is 5.82. The minimum atomic E-state index is -1.84. The summed E-state index contributed by atoms with van der Waals surface area (Å²) in [6, 6.07) is 6.75. The van der Waals surface area contributed by atoms with Gasteiger partial charge in [-0.25, -0.2) is 4.79 Å². The third-order valence-electron chi connectivity index (χ3n) is 3.03. The predicted octanol–water partition coefficient (Wildman–Crippen LogP) is 0.929. The zero-order chi connectivity index (χ0) is 13.8. The highest BCUT2D eigenvalue weighted by atomic mass is 16.5. The molecule has 3 N–H and O–H groups in total. The van der Waals surface area contributed by atoms with E-state index in [9.17, 15) is 9.90 Å². The molecule has 0 aliphatic carbocycles. The minimum Gasteiger partial charge on any atom is -0.466 e. The lowest BCUT2D eigenvalue weighted by molar-refractivity contribution is -0.189. The van der Waals surface area contributed by atoms with Crippen molar-refractivity contribution in [2.24, 2.45) is 0 Å². The molecule has 1 rings (SSSR count). The highest BCUT2D eigenvalue weighted by Crippen LogP contribution is 2.31. The number of aliphatic hydroxyl groups is 1. The van der Waals surface area contributed by atoms with Gasteiger partial charge in [0.1, 0.15) is 0 Å². The number of ether oxygens (including phenoxy) is 1. The fraction of sp³-hybridized carbons (Fsp3) is 0.462. The molecule has 0 aliphatic heterocycles. The van der Waals surface area contributed by atoms with Crippen molar-refractivity contribution in [3.05, 3.63) is 29.8 Å². The Kier molecular flexibility index (Phi) is 4.69. The predicted molar refractivity (Wildman–Crippen MR) is 69.7 cm³/mol. The largest absolute Gasteiger partial charge is 0.466 e. The summed E-state index contributed by atoms with van der Waals surface area (Å²) in [5, 5.41) is 10.8. The quantitative estimate of drug-likeness (QED) is 0.463. The third-order valence-corrected chi connectivity index (χ3v) is 3.03. The van der Waals surface area contributed by atoms with Gasteiger partial charge in [0, 0.05) is 11.3 Å². The van der Waals surface area contributed by atoms with Crippen LogP contribution >= 0.6 is 0 Å².